The molecule has 2 aliphatic rings. The van der Waals surface area contributed by atoms with Crippen LogP contribution in [0.5, 0.6) is 11.5 Å². The molecule has 190 valence electrons. The van der Waals surface area contributed by atoms with E-state index in [1.54, 1.807) is 23.1 Å². The molecule has 2 aliphatic heterocycles. The highest BCUT2D eigenvalue weighted by Crippen LogP contribution is 2.40. The van der Waals surface area contributed by atoms with Gasteiger partial charge in [0.05, 0.1) is 22.6 Å². The third-order valence-corrected chi connectivity index (χ3v) is 7.36. The maximum Gasteiger partial charge on any atom is 0.294 e. The van der Waals surface area contributed by atoms with Gasteiger partial charge in [-0.3, -0.25) is 19.3 Å². The average molecular weight is 529 g/mol. The van der Waals surface area contributed by atoms with E-state index < -0.39 is 11.1 Å². The van der Waals surface area contributed by atoms with Crippen molar-refractivity contribution >= 4 is 46.5 Å². The lowest BCUT2D eigenvalue weighted by Crippen LogP contribution is -2.44. The van der Waals surface area contributed by atoms with Crippen LogP contribution in [0.3, 0.4) is 0 Å². The third-order valence-electron chi connectivity index (χ3n) is 6.17. The highest BCUT2D eigenvalue weighted by Gasteiger charge is 2.37. The monoisotopic (exact) mass is 528 g/mol. The summed E-state index contributed by atoms with van der Waals surface area (Å²) in [6.45, 7) is 6.98. The maximum absolute atomic E-state index is 13.0. The third kappa shape index (κ3) is 5.71. The molecule has 0 saturated carbocycles. The molecule has 9 heteroatoms. The molecule has 0 aromatic heterocycles. The second kappa shape index (κ2) is 11.4. The first kappa shape index (κ1) is 26.1. The van der Waals surface area contributed by atoms with Gasteiger partial charge in [-0.05, 0) is 73.4 Å². The number of ether oxygens (including phenoxy) is 2. The standard InChI is InChI=1S/C27H29ClN2O5S/c1-4-17(3)35-25-21(28)12-18(13-22(25)34-5-2)14-23-26(32)30(27(33)36-23)16-24(31)29-11-10-19-8-6-7-9-20(19)15-29/h6-9,12-14,17H,4-5,10-11,15-16H2,1-3H3/b23-14-/t17-/m1/s1. The minimum atomic E-state index is -0.496. The van der Waals surface area contributed by atoms with Crippen LogP contribution in [0.25, 0.3) is 6.08 Å². The van der Waals surface area contributed by atoms with E-state index in [0.717, 1.165) is 35.1 Å². The lowest BCUT2D eigenvalue weighted by molar-refractivity contribution is -0.136. The maximum atomic E-state index is 13.0. The molecule has 0 aliphatic carbocycles. The van der Waals surface area contributed by atoms with E-state index in [1.165, 1.54) is 5.56 Å². The quantitative estimate of drug-likeness (QED) is 0.419. The van der Waals surface area contributed by atoms with Gasteiger partial charge in [0.15, 0.2) is 11.5 Å². The average Bonchev–Trinajstić information content (AvgIpc) is 3.12. The van der Waals surface area contributed by atoms with Crippen molar-refractivity contribution in [1.29, 1.82) is 0 Å². The molecule has 2 aromatic carbocycles. The number of fused-ring (bicyclic) bond motifs is 1. The van der Waals surface area contributed by atoms with Crippen LogP contribution >= 0.6 is 23.4 Å². The SMILES string of the molecule is CCOc1cc(/C=C2\SC(=O)N(CC(=O)N3CCc4ccccc4C3)C2=O)cc(Cl)c1O[C@H](C)CC. The first-order valence-electron chi connectivity index (χ1n) is 12.0. The topological polar surface area (TPSA) is 76.2 Å². The number of hydrogen-bond donors (Lipinski definition) is 0. The Morgan fingerprint density at radius 1 is 1.19 bits per heavy atom. The molecule has 1 atom stereocenters. The molecule has 2 heterocycles. The van der Waals surface area contributed by atoms with Crippen molar-refractivity contribution < 1.29 is 23.9 Å². The van der Waals surface area contributed by atoms with Gasteiger partial charge >= 0.3 is 0 Å². The number of rotatable bonds is 8. The largest absolute Gasteiger partial charge is 0.490 e. The minimum Gasteiger partial charge on any atom is -0.490 e. The Kier molecular flexibility index (Phi) is 8.26. The summed E-state index contributed by atoms with van der Waals surface area (Å²) in [4.78, 5) is 41.5. The number of halogens is 1. The number of benzene rings is 2. The smallest absolute Gasteiger partial charge is 0.294 e. The van der Waals surface area contributed by atoms with E-state index in [-0.39, 0.29) is 23.5 Å². The molecule has 1 fully saturated rings. The minimum absolute atomic E-state index is 0.0463. The predicted octanol–water partition coefficient (Wildman–Crippen LogP) is 5.54. The van der Waals surface area contributed by atoms with Gasteiger partial charge in [0, 0.05) is 13.1 Å². The molecule has 36 heavy (non-hydrogen) atoms. The molecule has 0 N–H and O–H groups in total. The highest BCUT2D eigenvalue weighted by atomic mass is 35.5. The highest BCUT2D eigenvalue weighted by molar-refractivity contribution is 8.18. The summed E-state index contributed by atoms with van der Waals surface area (Å²) < 4.78 is 11.7. The van der Waals surface area contributed by atoms with Crippen LogP contribution in [0.15, 0.2) is 41.3 Å². The van der Waals surface area contributed by atoms with E-state index in [4.69, 9.17) is 21.1 Å². The van der Waals surface area contributed by atoms with E-state index in [2.05, 4.69) is 6.07 Å². The Balaban J connectivity index is 1.49. The van der Waals surface area contributed by atoms with Crippen LogP contribution in [-0.4, -0.2) is 52.7 Å². The van der Waals surface area contributed by atoms with Gasteiger partial charge in [0.2, 0.25) is 5.91 Å². The van der Waals surface area contributed by atoms with Gasteiger partial charge in [-0.25, -0.2) is 0 Å². The fraction of sp³-hybridized carbons (Fsp3) is 0.370. The van der Waals surface area contributed by atoms with Crippen molar-refractivity contribution in [3.8, 4) is 11.5 Å². The van der Waals surface area contributed by atoms with Gasteiger partial charge in [-0.2, -0.15) is 0 Å². The summed E-state index contributed by atoms with van der Waals surface area (Å²) in [5.41, 5.74) is 2.92. The number of thioether (sulfide) groups is 1. The van der Waals surface area contributed by atoms with Crippen LogP contribution < -0.4 is 9.47 Å². The number of hydrogen-bond acceptors (Lipinski definition) is 6. The molecule has 0 radical (unpaired) electrons. The zero-order valence-electron chi connectivity index (χ0n) is 20.6. The Morgan fingerprint density at radius 3 is 2.67 bits per heavy atom. The lowest BCUT2D eigenvalue weighted by Gasteiger charge is -2.29. The Hall–Kier alpha value is -2.97. The predicted molar refractivity (Wildman–Crippen MR) is 141 cm³/mol. The number of carbonyl (C=O) groups is 3. The van der Waals surface area contributed by atoms with Gasteiger partial charge in [0.1, 0.15) is 6.54 Å². The molecular formula is C27H29ClN2O5S. The van der Waals surface area contributed by atoms with Crippen molar-refractivity contribution in [2.24, 2.45) is 0 Å². The second-order valence-electron chi connectivity index (χ2n) is 8.70. The van der Waals surface area contributed by atoms with Crippen LogP contribution in [0.1, 0.15) is 43.9 Å². The second-order valence-corrected chi connectivity index (χ2v) is 10.1. The van der Waals surface area contributed by atoms with E-state index in [1.807, 2.05) is 39.0 Å². The van der Waals surface area contributed by atoms with Gasteiger partial charge < -0.3 is 14.4 Å². The number of carbonyl (C=O) groups excluding carboxylic acids is 3. The molecule has 3 amide bonds. The molecular weight excluding hydrogens is 500 g/mol. The van der Waals surface area contributed by atoms with E-state index >= 15 is 0 Å². The van der Waals surface area contributed by atoms with Crippen LogP contribution in [0.2, 0.25) is 5.02 Å². The zero-order chi connectivity index (χ0) is 25.8. The Morgan fingerprint density at radius 2 is 1.94 bits per heavy atom. The molecule has 0 spiro atoms. The summed E-state index contributed by atoms with van der Waals surface area (Å²) >= 11 is 7.30. The summed E-state index contributed by atoms with van der Waals surface area (Å²) in [7, 11) is 0. The van der Waals surface area contributed by atoms with Crippen molar-refractivity contribution in [1.82, 2.24) is 9.80 Å². The number of amides is 3. The van der Waals surface area contributed by atoms with Crippen molar-refractivity contribution in [2.75, 3.05) is 19.7 Å². The Bertz CT molecular complexity index is 1210. The fourth-order valence-electron chi connectivity index (χ4n) is 4.06. The first-order valence-corrected chi connectivity index (χ1v) is 13.2. The van der Waals surface area contributed by atoms with Crippen LogP contribution in [-0.2, 0) is 22.6 Å². The Labute approximate surface area is 220 Å². The first-order chi connectivity index (χ1) is 17.3. The summed E-state index contributed by atoms with van der Waals surface area (Å²) in [5.74, 6) is 0.175. The number of imide groups is 1. The van der Waals surface area contributed by atoms with Crippen molar-refractivity contribution in [2.45, 2.75) is 46.3 Å². The molecule has 1 saturated heterocycles. The van der Waals surface area contributed by atoms with Gasteiger partial charge in [-0.1, -0.05) is 42.8 Å². The van der Waals surface area contributed by atoms with Crippen LogP contribution in [0.4, 0.5) is 4.79 Å². The molecule has 0 bridgehead atoms. The summed E-state index contributed by atoms with van der Waals surface area (Å²) in [6, 6.07) is 11.4. The molecule has 4 rings (SSSR count). The van der Waals surface area contributed by atoms with E-state index in [0.29, 0.717) is 41.8 Å². The van der Waals surface area contributed by atoms with Crippen molar-refractivity contribution in [3.63, 3.8) is 0 Å². The molecule has 0 unspecified atom stereocenters. The zero-order valence-corrected chi connectivity index (χ0v) is 22.2. The molecule has 7 nitrogen and oxygen atoms in total. The summed E-state index contributed by atoms with van der Waals surface area (Å²) in [5, 5.41) is -0.114. The lowest BCUT2D eigenvalue weighted by atomic mass is 10.00. The fourth-order valence-corrected chi connectivity index (χ4v) is 5.17. The summed E-state index contributed by atoms with van der Waals surface area (Å²) in [6.07, 6.45) is 3.10. The van der Waals surface area contributed by atoms with Crippen LogP contribution in [0, 0.1) is 0 Å². The normalized spacial score (nSPS) is 17.4. The molecule has 2 aromatic rings. The van der Waals surface area contributed by atoms with Gasteiger partial charge in [0.25, 0.3) is 11.1 Å². The van der Waals surface area contributed by atoms with Crippen molar-refractivity contribution in [3.05, 3.63) is 63.0 Å². The van der Waals surface area contributed by atoms with E-state index in [9.17, 15) is 14.4 Å². The number of nitrogens with zero attached hydrogens (tertiary/aromatic N) is 2. The van der Waals surface area contributed by atoms with Gasteiger partial charge in [-0.15, -0.1) is 0 Å².